The second kappa shape index (κ2) is 8.96. The molecule has 7 nitrogen and oxygen atoms in total. The molecule has 0 bridgehead atoms. The van der Waals surface area contributed by atoms with Gasteiger partial charge in [-0.3, -0.25) is 4.79 Å². The molecule has 1 saturated heterocycles. The highest BCUT2D eigenvalue weighted by Gasteiger charge is 2.44. The van der Waals surface area contributed by atoms with E-state index in [2.05, 4.69) is 19.9 Å². The topological polar surface area (TPSA) is 91.4 Å². The Labute approximate surface area is 184 Å². The Balaban J connectivity index is 1.49. The summed E-state index contributed by atoms with van der Waals surface area (Å²) < 4.78 is 29.1. The second-order valence-electron chi connectivity index (χ2n) is 8.66. The van der Waals surface area contributed by atoms with Crippen LogP contribution in [0.15, 0.2) is 53.6 Å². The Morgan fingerprint density at radius 3 is 2.65 bits per heavy atom. The number of nitrogens with zero attached hydrogens (tertiary/aromatic N) is 2. The molecule has 4 rings (SSSR count). The molecule has 1 aliphatic carbocycles. The third-order valence-electron chi connectivity index (χ3n) is 6.27. The lowest BCUT2D eigenvalue weighted by atomic mass is 9.81. The molecular weight excluding hydrogens is 412 g/mol. The van der Waals surface area contributed by atoms with E-state index in [0.717, 1.165) is 43.6 Å². The minimum atomic E-state index is -3.80. The van der Waals surface area contributed by atoms with Gasteiger partial charge in [-0.25, -0.2) is 13.4 Å². The zero-order valence-corrected chi connectivity index (χ0v) is 18.7. The fourth-order valence-electron chi connectivity index (χ4n) is 4.58. The van der Waals surface area contributed by atoms with Gasteiger partial charge in [-0.05, 0) is 56.0 Å². The number of sulfonamides is 1. The molecule has 1 atom stereocenters. The lowest BCUT2D eigenvalue weighted by Gasteiger charge is -2.37. The van der Waals surface area contributed by atoms with E-state index in [1.54, 1.807) is 24.4 Å². The molecule has 8 heteroatoms. The predicted octanol–water partition coefficient (Wildman–Crippen LogP) is 2.77. The van der Waals surface area contributed by atoms with E-state index >= 15 is 0 Å². The van der Waals surface area contributed by atoms with Gasteiger partial charge in [0.05, 0.1) is 4.90 Å². The summed E-state index contributed by atoms with van der Waals surface area (Å²) >= 11 is 0. The smallest absolute Gasteiger partial charge is 0.241 e. The number of aromatic nitrogens is 1. The first kappa shape index (κ1) is 21.8. The number of nitrogens with one attached hydrogen (secondary N) is 2. The first-order valence-corrected chi connectivity index (χ1v) is 12.4. The van der Waals surface area contributed by atoms with Crippen LogP contribution in [0.2, 0.25) is 0 Å². The van der Waals surface area contributed by atoms with E-state index in [1.807, 2.05) is 31.2 Å². The van der Waals surface area contributed by atoms with Gasteiger partial charge in [0.15, 0.2) is 0 Å². The van der Waals surface area contributed by atoms with Gasteiger partial charge in [0.25, 0.3) is 0 Å². The van der Waals surface area contributed by atoms with E-state index in [1.165, 1.54) is 0 Å². The molecule has 1 unspecified atom stereocenters. The number of hydrogen-bond acceptors (Lipinski definition) is 5. The van der Waals surface area contributed by atoms with Crippen molar-refractivity contribution in [3.05, 3.63) is 54.2 Å². The van der Waals surface area contributed by atoms with E-state index in [4.69, 9.17) is 0 Å². The van der Waals surface area contributed by atoms with Gasteiger partial charge in [-0.2, -0.15) is 4.72 Å². The van der Waals surface area contributed by atoms with Crippen LogP contribution in [0.4, 0.5) is 5.82 Å². The maximum Gasteiger partial charge on any atom is 0.241 e. The molecule has 1 amide bonds. The van der Waals surface area contributed by atoms with Crippen LogP contribution in [0, 0.1) is 6.92 Å². The van der Waals surface area contributed by atoms with E-state index in [0.29, 0.717) is 19.4 Å². The highest BCUT2D eigenvalue weighted by molar-refractivity contribution is 7.89. The van der Waals surface area contributed by atoms with Crippen molar-refractivity contribution in [2.24, 2.45) is 0 Å². The first-order valence-electron chi connectivity index (χ1n) is 11.0. The largest absolute Gasteiger partial charge is 0.354 e. The normalized spacial score (nSPS) is 21.1. The maximum atomic E-state index is 13.4. The van der Waals surface area contributed by atoms with Crippen LogP contribution in [0.25, 0.3) is 0 Å². The number of hydrogen-bond donors (Lipinski definition) is 2. The van der Waals surface area contributed by atoms with E-state index < -0.39 is 15.6 Å². The highest BCUT2D eigenvalue weighted by Crippen LogP contribution is 2.31. The van der Waals surface area contributed by atoms with Crippen molar-refractivity contribution in [3.63, 3.8) is 0 Å². The molecule has 0 radical (unpaired) electrons. The van der Waals surface area contributed by atoms with Crippen molar-refractivity contribution in [2.75, 3.05) is 18.0 Å². The molecule has 166 valence electrons. The maximum absolute atomic E-state index is 13.4. The number of anilines is 1. The van der Waals surface area contributed by atoms with Crippen LogP contribution in [0.1, 0.15) is 44.1 Å². The minimum Gasteiger partial charge on any atom is -0.354 e. The molecule has 1 saturated carbocycles. The van der Waals surface area contributed by atoms with E-state index in [9.17, 15) is 13.2 Å². The van der Waals surface area contributed by atoms with E-state index in [-0.39, 0.29) is 16.8 Å². The Kier molecular flexibility index (Phi) is 6.29. The van der Waals surface area contributed by atoms with Crippen LogP contribution in [0.3, 0.4) is 0 Å². The Morgan fingerprint density at radius 2 is 1.94 bits per heavy atom. The van der Waals surface area contributed by atoms with Crippen molar-refractivity contribution < 1.29 is 13.2 Å². The summed E-state index contributed by atoms with van der Waals surface area (Å²) in [5, 5.41) is 3.14. The highest BCUT2D eigenvalue weighted by atomic mass is 32.2. The molecule has 2 aromatic rings. The zero-order valence-electron chi connectivity index (χ0n) is 17.9. The number of amides is 1. The van der Waals surface area contributed by atoms with Crippen LogP contribution in [-0.4, -0.2) is 44.0 Å². The lowest BCUT2D eigenvalue weighted by molar-refractivity contribution is -0.128. The molecule has 31 heavy (non-hydrogen) atoms. The average molecular weight is 443 g/mol. The number of carbonyl (C=O) groups is 1. The number of pyridine rings is 1. The predicted molar refractivity (Wildman–Crippen MR) is 120 cm³/mol. The zero-order chi connectivity index (χ0) is 21.9. The number of aryl methyl sites for hydroxylation is 1. The molecular formula is C23H30N4O3S. The monoisotopic (exact) mass is 442 g/mol. The lowest BCUT2D eigenvalue weighted by Crippen LogP contribution is -2.61. The molecule has 2 aliphatic rings. The SMILES string of the molecule is Cc1cccc(S(=O)(=O)NC2(C(=O)NC3CCN(c4ccccn4)C3)CCCCC2)c1. The van der Waals surface area contributed by atoms with Crippen LogP contribution < -0.4 is 14.9 Å². The first-order chi connectivity index (χ1) is 14.9. The van der Waals surface area contributed by atoms with Crippen molar-refractivity contribution in [1.29, 1.82) is 0 Å². The quantitative estimate of drug-likeness (QED) is 0.718. The van der Waals surface area contributed by atoms with Gasteiger partial charge < -0.3 is 10.2 Å². The summed E-state index contributed by atoms with van der Waals surface area (Å²) in [4.78, 5) is 20.2. The van der Waals surface area contributed by atoms with Crippen molar-refractivity contribution >= 4 is 21.7 Å². The molecule has 2 heterocycles. The second-order valence-corrected chi connectivity index (χ2v) is 10.3. The molecule has 1 aliphatic heterocycles. The third-order valence-corrected chi connectivity index (χ3v) is 7.80. The van der Waals surface area contributed by atoms with Gasteiger partial charge >= 0.3 is 0 Å². The van der Waals surface area contributed by atoms with Crippen LogP contribution >= 0.6 is 0 Å². The van der Waals surface area contributed by atoms with Gasteiger partial charge in [0, 0.05) is 25.3 Å². The molecule has 2 fully saturated rings. The Bertz CT molecular complexity index is 1020. The van der Waals surface area contributed by atoms with Gasteiger partial charge in [0.2, 0.25) is 15.9 Å². The number of carbonyl (C=O) groups excluding carboxylic acids is 1. The summed E-state index contributed by atoms with van der Waals surface area (Å²) in [6, 6.07) is 12.6. The fraction of sp³-hybridized carbons (Fsp3) is 0.478. The van der Waals surface area contributed by atoms with Gasteiger partial charge in [0.1, 0.15) is 11.4 Å². The van der Waals surface area contributed by atoms with Crippen molar-refractivity contribution in [3.8, 4) is 0 Å². The van der Waals surface area contributed by atoms with Crippen LogP contribution in [-0.2, 0) is 14.8 Å². The number of rotatable bonds is 6. The Morgan fingerprint density at radius 1 is 1.13 bits per heavy atom. The third kappa shape index (κ3) is 4.91. The standard InChI is InChI=1S/C23H30N4O3S/c1-18-8-7-9-20(16-18)31(29,30)26-23(12-4-2-5-13-23)22(28)25-19-11-15-27(17-19)21-10-3-6-14-24-21/h3,6-10,14,16,19,26H,2,4-5,11-13,15,17H2,1H3,(H,25,28). The molecule has 2 N–H and O–H groups in total. The summed E-state index contributed by atoms with van der Waals surface area (Å²) in [6.45, 7) is 3.34. The summed E-state index contributed by atoms with van der Waals surface area (Å²) in [7, 11) is -3.80. The minimum absolute atomic E-state index is 0.0308. The average Bonchev–Trinajstić information content (AvgIpc) is 3.23. The molecule has 1 aromatic heterocycles. The fourth-order valence-corrected chi connectivity index (χ4v) is 6.11. The molecule has 0 spiro atoms. The number of benzene rings is 1. The van der Waals surface area contributed by atoms with Crippen molar-refractivity contribution in [2.45, 2.75) is 61.9 Å². The summed E-state index contributed by atoms with van der Waals surface area (Å²) in [6.07, 6.45) is 6.27. The Hall–Kier alpha value is -2.45. The summed E-state index contributed by atoms with van der Waals surface area (Å²) in [5.74, 6) is 0.683. The van der Waals surface area contributed by atoms with Crippen molar-refractivity contribution in [1.82, 2.24) is 15.0 Å². The summed E-state index contributed by atoms with van der Waals surface area (Å²) in [5.41, 5.74) is -0.232. The van der Waals surface area contributed by atoms with Gasteiger partial charge in [-0.15, -0.1) is 0 Å². The van der Waals surface area contributed by atoms with Gasteiger partial charge in [-0.1, -0.05) is 37.5 Å². The molecule has 1 aromatic carbocycles. The van der Waals surface area contributed by atoms with Crippen LogP contribution in [0.5, 0.6) is 0 Å².